The van der Waals surface area contributed by atoms with Crippen LogP contribution in [0.25, 0.3) is 0 Å². The molecule has 3 heterocycles. The van der Waals surface area contributed by atoms with Gasteiger partial charge in [0.25, 0.3) is 17.4 Å². The van der Waals surface area contributed by atoms with Crippen LogP contribution in [0.4, 0.5) is 16.2 Å². The number of non-ortho nitro benzene ring substituents is 1. The molecule has 168 valence electrons. The fraction of sp³-hybridized carbons (Fsp3) is 0.200. The Morgan fingerprint density at radius 2 is 2.00 bits per heavy atom. The number of rotatable bonds is 5. The Balaban J connectivity index is 1.56. The van der Waals surface area contributed by atoms with Crippen molar-refractivity contribution in [3.8, 4) is 0 Å². The van der Waals surface area contributed by atoms with Crippen LogP contribution in [0.2, 0.25) is 0 Å². The number of thioether (sulfide) groups is 1. The van der Waals surface area contributed by atoms with E-state index >= 15 is 0 Å². The molecule has 0 fully saturated rings. The Kier molecular flexibility index (Phi) is 5.87. The molecule has 1 aromatic heterocycles. The SMILES string of the molecule is CN1C(=O)C2C(SCC(=O)Nc3ccc([N+](=O)[O-])cc3)=NC(c3ccco3)=NC2=[N+](C)C1=O. The quantitative estimate of drug-likeness (QED) is 0.399. The second-order valence-corrected chi connectivity index (χ2v) is 8.03. The summed E-state index contributed by atoms with van der Waals surface area (Å²) in [7, 11) is 2.87. The van der Waals surface area contributed by atoms with Crippen LogP contribution in [0.1, 0.15) is 5.76 Å². The minimum absolute atomic E-state index is 0.0923. The minimum Gasteiger partial charge on any atom is -0.459 e. The van der Waals surface area contributed by atoms with Crippen LogP contribution in [-0.4, -0.2) is 68.8 Å². The first-order chi connectivity index (χ1) is 15.8. The first-order valence-corrected chi connectivity index (χ1v) is 10.5. The van der Waals surface area contributed by atoms with Gasteiger partial charge in [0.2, 0.25) is 5.91 Å². The molecular weight excluding hydrogens is 452 g/mol. The van der Waals surface area contributed by atoms with Crippen LogP contribution in [0.5, 0.6) is 0 Å². The van der Waals surface area contributed by atoms with E-state index in [0.29, 0.717) is 16.5 Å². The number of amidine groups is 2. The lowest BCUT2D eigenvalue weighted by atomic mass is 10.0. The van der Waals surface area contributed by atoms with E-state index in [9.17, 15) is 24.5 Å². The van der Waals surface area contributed by atoms with Crippen molar-refractivity contribution in [2.24, 2.45) is 15.9 Å². The van der Waals surface area contributed by atoms with Gasteiger partial charge in [-0.05, 0) is 24.3 Å². The molecule has 1 N–H and O–H groups in total. The largest absolute Gasteiger partial charge is 0.459 e. The first-order valence-electron chi connectivity index (χ1n) is 9.56. The van der Waals surface area contributed by atoms with Crippen molar-refractivity contribution in [2.45, 2.75) is 0 Å². The lowest BCUT2D eigenvalue weighted by Crippen LogP contribution is -2.54. The van der Waals surface area contributed by atoms with Gasteiger partial charge >= 0.3 is 11.9 Å². The van der Waals surface area contributed by atoms with Crippen LogP contribution in [0, 0.1) is 16.0 Å². The van der Waals surface area contributed by atoms with E-state index in [1.807, 2.05) is 0 Å². The minimum atomic E-state index is -0.936. The molecule has 12 nitrogen and oxygen atoms in total. The standard InChI is InChI=1S/C20H16N6O6S/c1-24-17-15(19(28)25(2)20(24)29)18(23-16(22-17)13-4-3-9-32-13)33-10-14(27)21-11-5-7-12(8-6-11)26(30)31/h3-9,15H,10H2,1-2H3/p+1. The van der Waals surface area contributed by atoms with E-state index in [-0.39, 0.29) is 23.1 Å². The lowest BCUT2D eigenvalue weighted by molar-refractivity contribution is -0.407. The number of amides is 4. The maximum Gasteiger partial charge on any atom is 0.445 e. The molecule has 0 saturated heterocycles. The first kappa shape index (κ1) is 22.1. The number of carbonyl (C=O) groups excluding carboxylic acids is 3. The van der Waals surface area contributed by atoms with Crippen LogP contribution in [0.15, 0.2) is 57.1 Å². The van der Waals surface area contributed by atoms with Gasteiger partial charge in [-0.15, -0.1) is 0 Å². The molecule has 1 aromatic carbocycles. The number of hydrogen-bond donors (Lipinski definition) is 1. The van der Waals surface area contributed by atoms with Gasteiger partial charge < -0.3 is 9.73 Å². The number of urea groups is 1. The fourth-order valence-corrected chi connectivity index (χ4v) is 4.08. The molecule has 4 rings (SSSR count). The second-order valence-electron chi connectivity index (χ2n) is 7.03. The zero-order valence-electron chi connectivity index (χ0n) is 17.4. The number of carbonyl (C=O) groups is 3. The summed E-state index contributed by atoms with van der Waals surface area (Å²) in [6, 6.07) is 8.18. The highest BCUT2D eigenvalue weighted by molar-refractivity contribution is 8.14. The summed E-state index contributed by atoms with van der Waals surface area (Å²) in [5, 5.41) is 13.7. The number of aliphatic imine (C=N–C) groups is 2. The van der Waals surface area contributed by atoms with Crippen LogP contribution in [0.3, 0.4) is 0 Å². The van der Waals surface area contributed by atoms with Gasteiger partial charge in [0.15, 0.2) is 11.7 Å². The number of anilines is 1. The van der Waals surface area contributed by atoms with E-state index in [4.69, 9.17) is 4.42 Å². The van der Waals surface area contributed by atoms with E-state index < -0.39 is 28.7 Å². The number of nitrogens with zero attached hydrogens (tertiary/aromatic N) is 5. The molecule has 0 radical (unpaired) electrons. The lowest BCUT2D eigenvalue weighted by Gasteiger charge is -2.26. The molecule has 33 heavy (non-hydrogen) atoms. The molecule has 2 aliphatic heterocycles. The smallest absolute Gasteiger partial charge is 0.445 e. The van der Waals surface area contributed by atoms with E-state index in [2.05, 4.69) is 15.3 Å². The number of furan rings is 1. The fourth-order valence-electron chi connectivity index (χ4n) is 3.21. The van der Waals surface area contributed by atoms with Gasteiger partial charge in [-0.1, -0.05) is 16.8 Å². The zero-order chi connectivity index (χ0) is 23.7. The maximum atomic E-state index is 12.9. The molecule has 2 aliphatic rings. The molecule has 2 aromatic rings. The predicted octanol–water partition coefficient (Wildman–Crippen LogP) is 1.97. The van der Waals surface area contributed by atoms with Crippen molar-refractivity contribution in [3.63, 3.8) is 0 Å². The third-order valence-electron chi connectivity index (χ3n) is 4.89. The number of benzene rings is 1. The zero-order valence-corrected chi connectivity index (χ0v) is 18.2. The Morgan fingerprint density at radius 3 is 2.64 bits per heavy atom. The van der Waals surface area contributed by atoms with Crippen LogP contribution < -0.4 is 5.32 Å². The van der Waals surface area contributed by atoms with E-state index in [0.717, 1.165) is 16.7 Å². The highest BCUT2D eigenvalue weighted by atomic mass is 32.2. The van der Waals surface area contributed by atoms with Gasteiger partial charge in [-0.25, -0.2) is 9.79 Å². The summed E-state index contributed by atoms with van der Waals surface area (Å²) in [5.41, 5.74) is 0.297. The molecular formula is C20H17N6O6S+. The monoisotopic (exact) mass is 469 g/mol. The summed E-state index contributed by atoms with van der Waals surface area (Å²) in [6.07, 6.45) is 1.45. The summed E-state index contributed by atoms with van der Waals surface area (Å²) in [6.45, 7) is 0. The molecule has 13 heteroatoms. The third kappa shape index (κ3) is 4.30. The number of fused-ring (bicyclic) bond motifs is 1. The molecule has 4 amide bonds. The second kappa shape index (κ2) is 8.78. The molecule has 1 atom stereocenters. The average Bonchev–Trinajstić information content (AvgIpc) is 3.35. The number of nitro groups is 1. The van der Waals surface area contributed by atoms with Gasteiger partial charge in [-0.2, -0.15) is 9.48 Å². The van der Waals surface area contributed by atoms with Gasteiger partial charge in [-0.3, -0.25) is 19.7 Å². The Labute approximate surface area is 190 Å². The molecule has 1 unspecified atom stereocenters. The topological polar surface area (TPSA) is 150 Å². The van der Waals surface area contributed by atoms with Crippen molar-refractivity contribution in [1.82, 2.24) is 4.90 Å². The van der Waals surface area contributed by atoms with Crippen LogP contribution in [-0.2, 0) is 9.59 Å². The van der Waals surface area contributed by atoms with Gasteiger partial charge in [0.1, 0.15) is 5.04 Å². The molecule has 0 saturated carbocycles. The molecule has 0 bridgehead atoms. The maximum absolute atomic E-state index is 12.9. The normalized spacial score (nSPS) is 18.0. The van der Waals surface area contributed by atoms with Crippen molar-refractivity contribution < 1.29 is 28.3 Å². The molecule has 0 aliphatic carbocycles. The summed E-state index contributed by atoms with van der Waals surface area (Å²) in [5.74, 6) is -1.21. The summed E-state index contributed by atoms with van der Waals surface area (Å²) < 4.78 is 6.62. The van der Waals surface area contributed by atoms with Crippen molar-refractivity contribution in [1.29, 1.82) is 0 Å². The Bertz CT molecular complexity index is 1250. The van der Waals surface area contributed by atoms with Crippen molar-refractivity contribution in [3.05, 3.63) is 58.5 Å². The van der Waals surface area contributed by atoms with Gasteiger partial charge in [0, 0.05) is 17.8 Å². The number of hydrogen-bond acceptors (Lipinski definition) is 9. The Hall–Kier alpha value is -4.13. The highest BCUT2D eigenvalue weighted by Crippen LogP contribution is 2.27. The highest BCUT2D eigenvalue weighted by Gasteiger charge is 2.49. The Morgan fingerprint density at radius 1 is 1.27 bits per heavy atom. The van der Waals surface area contributed by atoms with E-state index in [1.54, 1.807) is 12.1 Å². The third-order valence-corrected chi connectivity index (χ3v) is 5.92. The molecule has 0 spiro atoms. The van der Waals surface area contributed by atoms with E-state index in [1.165, 1.54) is 49.2 Å². The van der Waals surface area contributed by atoms with Crippen LogP contribution >= 0.6 is 11.8 Å². The summed E-state index contributed by atoms with van der Waals surface area (Å²) >= 11 is 1.03. The van der Waals surface area contributed by atoms with Gasteiger partial charge in [0.05, 0.1) is 31.0 Å². The number of nitro benzene ring substituents is 1. The van der Waals surface area contributed by atoms with Crippen molar-refractivity contribution in [2.75, 3.05) is 25.2 Å². The van der Waals surface area contributed by atoms with Crippen molar-refractivity contribution >= 4 is 57.7 Å². The predicted molar refractivity (Wildman–Crippen MR) is 120 cm³/mol. The summed E-state index contributed by atoms with van der Waals surface area (Å²) in [4.78, 5) is 57.7. The number of nitrogens with one attached hydrogen (secondary N) is 1. The number of imide groups is 1. The average molecular weight is 469 g/mol.